The number of allylic oxidation sites excluding steroid dienone is 2. The summed E-state index contributed by atoms with van der Waals surface area (Å²) in [5.41, 5.74) is 1.03. The van der Waals surface area contributed by atoms with Gasteiger partial charge in [-0.15, -0.1) is 0 Å². The predicted molar refractivity (Wildman–Crippen MR) is 75.9 cm³/mol. The van der Waals surface area contributed by atoms with Crippen LogP contribution >= 0.6 is 0 Å². The van der Waals surface area contributed by atoms with Crippen molar-refractivity contribution in [1.29, 1.82) is 0 Å². The fourth-order valence-corrected chi connectivity index (χ4v) is 3.13. The minimum absolute atomic E-state index is 0.0695. The van der Waals surface area contributed by atoms with Crippen LogP contribution in [0.25, 0.3) is 0 Å². The quantitative estimate of drug-likeness (QED) is 0.734. The van der Waals surface area contributed by atoms with Crippen molar-refractivity contribution < 1.29 is 14.7 Å². The minimum atomic E-state index is -0.0695. The Kier molecular flexibility index (Phi) is 6.43. The van der Waals surface area contributed by atoms with Crippen LogP contribution in [0, 0.1) is 5.41 Å². The zero-order chi connectivity index (χ0) is 14.3. The van der Waals surface area contributed by atoms with E-state index in [-0.39, 0.29) is 23.6 Å². The number of carbonyl (C=O) groups is 2. The summed E-state index contributed by atoms with van der Waals surface area (Å²) < 4.78 is 0. The topological polar surface area (TPSA) is 54.4 Å². The van der Waals surface area contributed by atoms with Gasteiger partial charge in [0.05, 0.1) is 0 Å². The van der Waals surface area contributed by atoms with E-state index in [0.29, 0.717) is 32.1 Å². The highest BCUT2D eigenvalue weighted by Gasteiger charge is 2.34. The third-order valence-electron chi connectivity index (χ3n) is 4.06. The number of aliphatic hydroxyl groups is 1. The zero-order valence-electron chi connectivity index (χ0n) is 12.2. The molecule has 1 aliphatic carbocycles. The van der Waals surface area contributed by atoms with Gasteiger partial charge in [-0.2, -0.15) is 0 Å². The molecule has 1 N–H and O–H groups in total. The zero-order valence-corrected chi connectivity index (χ0v) is 12.2. The molecule has 1 aliphatic rings. The number of ketones is 2. The van der Waals surface area contributed by atoms with E-state index in [1.807, 2.05) is 6.92 Å². The average Bonchev–Trinajstić information content (AvgIpc) is 2.35. The normalized spacial score (nSPS) is 23.3. The van der Waals surface area contributed by atoms with Crippen molar-refractivity contribution in [2.75, 3.05) is 6.61 Å². The summed E-state index contributed by atoms with van der Waals surface area (Å²) in [5, 5.41) is 9.25. The molecule has 3 heteroatoms. The van der Waals surface area contributed by atoms with Crippen molar-refractivity contribution in [3.63, 3.8) is 0 Å². The van der Waals surface area contributed by atoms with Crippen LogP contribution in [0.4, 0.5) is 0 Å². The first-order valence-corrected chi connectivity index (χ1v) is 7.40. The van der Waals surface area contributed by atoms with Crippen LogP contribution in [0.1, 0.15) is 65.2 Å². The Morgan fingerprint density at radius 3 is 2.63 bits per heavy atom. The average molecular weight is 266 g/mol. The second-order valence-corrected chi connectivity index (χ2v) is 5.74. The Labute approximate surface area is 116 Å². The molecule has 0 spiro atoms. The van der Waals surface area contributed by atoms with Crippen molar-refractivity contribution in [1.82, 2.24) is 0 Å². The van der Waals surface area contributed by atoms with Gasteiger partial charge in [0.2, 0.25) is 0 Å². The molecule has 0 fully saturated rings. The van der Waals surface area contributed by atoms with Gasteiger partial charge in [-0.25, -0.2) is 0 Å². The molecular weight excluding hydrogens is 240 g/mol. The van der Waals surface area contributed by atoms with E-state index in [9.17, 15) is 14.7 Å². The number of aliphatic hydroxyl groups excluding tert-OH is 1. The maximum atomic E-state index is 11.9. The lowest BCUT2D eigenvalue weighted by atomic mass is 9.68. The Bertz CT molecular complexity index is 349. The van der Waals surface area contributed by atoms with E-state index in [2.05, 4.69) is 6.92 Å². The lowest BCUT2D eigenvalue weighted by molar-refractivity contribution is -0.119. The van der Waals surface area contributed by atoms with E-state index < -0.39 is 0 Å². The molecule has 0 bridgehead atoms. The smallest absolute Gasteiger partial charge is 0.156 e. The monoisotopic (exact) mass is 266 g/mol. The number of hydrogen-bond acceptors (Lipinski definition) is 3. The van der Waals surface area contributed by atoms with Gasteiger partial charge < -0.3 is 5.11 Å². The lowest BCUT2D eigenvalue weighted by Gasteiger charge is -2.36. The van der Waals surface area contributed by atoms with E-state index in [4.69, 9.17) is 0 Å². The third-order valence-corrected chi connectivity index (χ3v) is 4.06. The van der Waals surface area contributed by atoms with Gasteiger partial charge in [-0.05, 0) is 37.2 Å². The van der Waals surface area contributed by atoms with Gasteiger partial charge in [0, 0.05) is 25.9 Å². The second kappa shape index (κ2) is 7.59. The summed E-state index contributed by atoms with van der Waals surface area (Å²) in [6.45, 7) is 4.12. The van der Waals surface area contributed by atoms with Crippen LogP contribution in [0.3, 0.4) is 0 Å². The van der Waals surface area contributed by atoms with Crippen LogP contribution in [0.15, 0.2) is 11.6 Å². The summed E-state index contributed by atoms with van der Waals surface area (Å²) in [5.74, 6) is 0.411. The standard InChI is InChI=1S/C16H26O3/c1-3-7-16(8-9-17)11-13(10-15(19)12-16)5-6-14(18)4-2/h10,17H,3-9,11-12H2,1-2H3. The highest BCUT2D eigenvalue weighted by atomic mass is 16.3. The predicted octanol–water partition coefficient (Wildman–Crippen LogP) is 3.20. The molecule has 0 aliphatic heterocycles. The molecule has 0 radical (unpaired) electrons. The number of hydrogen-bond donors (Lipinski definition) is 1. The van der Waals surface area contributed by atoms with E-state index >= 15 is 0 Å². The van der Waals surface area contributed by atoms with Crippen molar-refractivity contribution in [2.45, 2.75) is 65.2 Å². The van der Waals surface area contributed by atoms with E-state index in [1.54, 1.807) is 6.08 Å². The van der Waals surface area contributed by atoms with Gasteiger partial charge in [-0.3, -0.25) is 9.59 Å². The summed E-state index contributed by atoms with van der Waals surface area (Å²) in [6, 6.07) is 0. The Morgan fingerprint density at radius 1 is 1.32 bits per heavy atom. The molecule has 0 saturated carbocycles. The third kappa shape index (κ3) is 4.90. The Balaban J connectivity index is 2.72. The molecule has 1 unspecified atom stereocenters. The number of carbonyl (C=O) groups excluding carboxylic acids is 2. The van der Waals surface area contributed by atoms with Crippen LogP contribution in [0.5, 0.6) is 0 Å². The molecule has 3 nitrogen and oxygen atoms in total. The fraction of sp³-hybridized carbons (Fsp3) is 0.750. The Morgan fingerprint density at radius 2 is 2.05 bits per heavy atom. The van der Waals surface area contributed by atoms with E-state index in [0.717, 1.165) is 24.8 Å². The number of Topliss-reactive ketones (excluding diaryl/α,β-unsaturated/α-hetero) is 1. The van der Waals surface area contributed by atoms with Gasteiger partial charge in [0.15, 0.2) is 5.78 Å². The van der Waals surface area contributed by atoms with Gasteiger partial charge in [0.25, 0.3) is 0 Å². The first-order valence-electron chi connectivity index (χ1n) is 7.40. The molecule has 1 rings (SSSR count). The molecule has 0 aromatic carbocycles. The molecule has 0 aromatic rings. The summed E-state index contributed by atoms with van der Waals surface area (Å²) in [4.78, 5) is 23.3. The molecular formula is C16H26O3. The van der Waals surface area contributed by atoms with E-state index in [1.165, 1.54) is 0 Å². The molecule has 0 heterocycles. The SMILES string of the molecule is CCCC1(CCO)CC(=O)C=C(CCC(=O)CC)C1. The van der Waals surface area contributed by atoms with Gasteiger partial charge >= 0.3 is 0 Å². The first-order chi connectivity index (χ1) is 9.05. The second-order valence-electron chi connectivity index (χ2n) is 5.74. The van der Waals surface area contributed by atoms with Gasteiger partial charge in [-0.1, -0.05) is 25.8 Å². The molecule has 0 amide bonds. The minimum Gasteiger partial charge on any atom is -0.396 e. The van der Waals surface area contributed by atoms with Crippen LogP contribution < -0.4 is 0 Å². The molecule has 0 aromatic heterocycles. The maximum absolute atomic E-state index is 11.9. The molecule has 1 atom stereocenters. The van der Waals surface area contributed by atoms with Crippen LogP contribution in [-0.2, 0) is 9.59 Å². The summed E-state index contributed by atoms with van der Waals surface area (Å²) in [7, 11) is 0. The van der Waals surface area contributed by atoms with Crippen molar-refractivity contribution in [2.24, 2.45) is 5.41 Å². The van der Waals surface area contributed by atoms with Crippen LogP contribution in [0.2, 0.25) is 0 Å². The largest absolute Gasteiger partial charge is 0.396 e. The molecule has 0 saturated heterocycles. The lowest BCUT2D eigenvalue weighted by Crippen LogP contribution is -2.29. The van der Waals surface area contributed by atoms with Crippen molar-refractivity contribution in [3.05, 3.63) is 11.6 Å². The highest BCUT2D eigenvalue weighted by Crippen LogP contribution is 2.42. The Hall–Kier alpha value is -0.960. The van der Waals surface area contributed by atoms with Crippen LogP contribution in [-0.4, -0.2) is 23.3 Å². The molecule has 19 heavy (non-hydrogen) atoms. The first kappa shape index (κ1) is 16.1. The summed E-state index contributed by atoms with van der Waals surface area (Å²) >= 11 is 0. The van der Waals surface area contributed by atoms with Gasteiger partial charge in [0.1, 0.15) is 5.78 Å². The fourth-order valence-electron chi connectivity index (χ4n) is 3.13. The molecule has 108 valence electrons. The summed E-state index contributed by atoms with van der Waals surface area (Å²) in [6.07, 6.45) is 7.63. The number of rotatable bonds is 8. The maximum Gasteiger partial charge on any atom is 0.156 e. The highest BCUT2D eigenvalue weighted by molar-refractivity contribution is 5.92. The van der Waals surface area contributed by atoms with Crippen molar-refractivity contribution in [3.8, 4) is 0 Å². The van der Waals surface area contributed by atoms with Crippen molar-refractivity contribution >= 4 is 11.6 Å².